The first-order valence-corrected chi connectivity index (χ1v) is 13.6. The molecule has 0 bridgehead atoms. The quantitative estimate of drug-likeness (QED) is 0.414. The average Bonchev–Trinajstić information content (AvgIpc) is 2.81. The Morgan fingerprint density at radius 3 is 2.59 bits per heavy atom. The van der Waals surface area contributed by atoms with E-state index in [1.165, 1.54) is 24.2 Å². The highest BCUT2D eigenvalue weighted by Crippen LogP contribution is 2.25. The van der Waals surface area contributed by atoms with Crippen LogP contribution in [0.5, 0.6) is 0 Å². The minimum Gasteiger partial charge on any atom is -0.352 e. The number of nitrogens with zero attached hydrogens (tertiary/aromatic N) is 1. The van der Waals surface area contributed by atoms with Crippen LogP contribution in [-0.2, 0) is 21.9 Å². The number of aryl methyl sites for hydroxylation is 1. The van der Waals surface area contributed by atoms with Crippen molar-refractivity contribution in [1.82, 2.24) is 10.2 Å². The highest BCUT2D eigenvalue weighted by atomic mass is 35.5. The van der Waals surface area contributed by atoms with Gasteiger partial charge in [-0.3, -0.25) is 9.59 Å². The number of rotatable bonds is 10. The summed E-state index contributed by atoms with van der Waals surface area (Å²) >= 11 is 7.45. The lowest BCUT2D eigenvalue weighted by Gasteiger charge is -2.33. The van der Waals surface area contributed by atoms with Gasteiger partial charge in [0.15, 0.2) is 0 Å². The summed E-state index contributed by atoms with van der Waals surface area (Å²) in [6.07, 6.45) is 5.98. The van der Waals surface area contributed by atoms with Crippen LogP contribution in [0.15, 0.2) is 42.5 Å². The smallest absolute Gasteiger partial charge is 0.243 e. The van der Waals surface area contributed by atoms with E-state index in [1.54, 1.807) is 17.0 Å². The van der Waals surface area contributed by atoms with Crippen molar-refractivity contribution in [3.63, 3.8) is 0 Å². The van der Waals surface area contributed by atoms with Gasteiger partial charge in [0.1, 0.15) is 11.9 Å². The summed E-state index contributed by atoms with van der Waals surface area (Å²) in [5, 5.41) is 3.55. The Morgan fingerprint density at radius 2 is 1.91 bits per heavy atom. The van der Waals surface area contributed by atoms with E-state index in [0.717, 1.165) is 36.8 Å². The third kappa shape index (κ3) is 7.47. The third-order valence-electron chi connectivity index (χ3n) is 6.31. The second-order valence-electron chi connectivity index (χ2n) is 8.97. The summed E-state index contributed by atoms with van der Waals surface area (Å²) in [7, 11) is 0. The molecule has 0 spiro atoms. The fourth-order valence-corrected chi connectivity index (χ4v) is 5.71. The van der Waals surface area contributed by atoms with E-state index in [-0.39, 0.29) is 29.4 Å². The van der Waals surface area contributed by atoms with E-state index < -0.39 is 6.04 Å². The standard InChI is InChI=1S/C27H34ClFN2O2S/c1-3-25(27(33)30-21-11-5-4-6-12-21)31(16-20-10-7-9-19(2)15-20)26(32)18-34-17-22-23(28)13-8-14-24(22)29/h7-10,13-15,21,25H,3-6,11-12,16-18H2,1-2H3,(H,30,33). The van der Waals surface area contributed by atoms with Crippen LogP contribution in [0.4, 0.5) is 4.39 Å². The van der Waals surface area contributed by atoms with Crippen LogP contribution >= 0.6 is 23.4 Å². The monoisotopic (exact) mass is 504 g/mol. The molecule has 2 amide bonds. The first kappa shape index (κ1) is 26.6. The summed E-state index contributed by atoms with van der Waals surface area (Å²) in [5.41, 5.74) is 2.49. The molecule has 2 aromatic carbocycles. The van der Waals surface area contributed by atoms with Crippen LogP contribution in [0, 0.1) is 12.7 Å². The summed E-state index contributed by atoms with van der Waals surface area (Å²) < 4.78 is 14.1. The molecule has 1 fully saturated rings. The van der Waals surface area contributed by atoms with Crippen LogP contribution in [0.3, 0.4) is 0 Å². The second-order valence-corrected chi connectivity index (χ2v) is 10.4. The first-order valence-electron chi connectivity index (χ1n) is 12.0. The molecule has 0 radical (unpaired) electrons. The molecule has 7 heteroatoms. The maximum atomic E-state index is 14.1. The van der Waals surface area contributed by atoms with Crippen LogP contribution < -0.4 is 5.32 Å². The fourth-order valence-electron chi connectivity index (χ4n) is 4.46. The summed E-state index contributed by atoms with van der Waals surface area (Å²) in [4.78, 5) is 28.3. The van der Waals surface area contributed by atoms with Gasteiger partial charge < -0.3 is 10.2 Å². The Bertz CT molecular complexity index is 961. The second kappa shape index (κ2) is 13.1. The number of carbonyl (C=O) groups is 2. The number of amides is 2. The van der Waals surface area contributed by atoms with Gasteiger partial charge >= 0.3 is 0 Å². The normalized spacial score (nSPS) is 15.1. The molecule has 4 nitrogen and oxygen atoms in total. The van der Waals surface area contributed by atoms with Gasteiger partial charge in [-0.1, -0.05) is 73.7 Å². The molecule has 34 heavy (non-hydrogen) atoms. The zero-order chi connectivity index (χ0) is 24.5. The highest BCUT2D eigenvalue weighted by molar-refractivity contribution is 7.99. The minimum atomic E-state index is -0.549. The Balaban J connectivity index is 1.72. The van der Waals surface area contributed by atoms with Crippen LogP contribution in [0.2, 0.25) is 5.02 Å². The molecule has 0 saturated heterocycles. The third-order valence-corrected chi connectivity index (χ3v) is 7.60. The number of carbonyl (C=O) groups excluding carboxylic acids is 2. The topological polar surface area (TPSA) is 49.4 Å². The Morgan fingerprint density at radius 1 is 1.18 bits per heavy atom. The lowest BCUT2D eigenvalue weighted by atomic mass is 9.95. The zero-order valence-corrected chi connectivity index (χ0v) is 21.6. The molecule has 1 aliphatic carbocycles. The first-order chi connectivity index (χ1) is 16.4. The predicted molar refractivity (Wildman–Crippen MR) is 138 cm³/mol. The van der Waals surface area contributed by atoms with Crippen molar-refractivity contribution in [1.29, 1.82) is 0 Å². The van der Waals surface area contributed by atoms with Crippen molar-refractivity contribution >= 4 is 35.2 Å². The number of benzene rings is 2. The number of hydrogen-bond donors (Lipinski definition) is 1. The van der Waals surface area contributed by atoms with E-state index in [2.05, 4.69) is 5.32 Å². The molecule has 184 valence electrons. The minimum absolute atomic E-state index is 0.0856. The number of halogens is 2. The molecule has 3 rings (SSSR count). The number of hydrogen-bond acceptors (Lipinski definition) is 3. The molecular formula is C27H34ClFN2O2S. The van der Waals surface area contributed by atoms with Gasteiger partial charge in [0.05, 0.1) is 5.75 Å². The number of thioether (sulfide) groups is 1. The van der Waals surface area contributed by atoms with Crippen molar-refractivity contribution in [2.75, 3.05) is 5.75 Å². The van der Waals surface area contributed by atoms with E-state index in [0.29, 0.717) is 29.3 Å². The molecule has 0 heterocycles. The summed E-state index contributed by atoms with van der Waals surface area (Å²) in [6.45, 7) is 4.31. The Kier molecular flexibility index (Phi) is 10.3. The van der Waals surface area contributed by atoms with E-state index >= 15 is 0 Å². The zero-order valence-electron chi connectivity index (χ0n) is 20.0. The van der Waals surface area contributed by atoms with E-state index in [1.807, 2.05) is 38.1 Å². The molecule has 0 aromatic heterocycles. The van der Waals surface area contributed by atoms with Gasteiger partial charge in [-0.2, -0.15) is 0 Å². The van der Waals surface area contributed by atoms with Gasteiger partial charge in [-0.05, 0) is 43.9 Å². The molecule has 1 atom stereocenters. The Labute approximate surface area is 211 Å². The van der Waals surface area contributed by atoms with Crippen molar-refractivity contribution in [2.24, 2.45) is 0 Å². The molecule has 1 unspecified atom stereocenters. The van der Waals surface area contributed by atoms with Gasteiger partial charge in [-0.25, -0.2) is 4.39 Å². The van der Waals surface area contributed by atoms with Crippen molar-refractivity contribution in [3.8, 4) is 0 Å². The fraction of sp³-hybridized carbons (Fsp3) is 0.481. The maximum absolute atomic E-state index is 14.1. The molecule has 1 N–H and O–H groups in total. The van der Waals surface area contributed by atoms with Gasteiger partial charge in [0, 0.05) is 28.9 Å². The highest BCUT2D eigenvalue weighted by Gasteiger charge is 2.30. The lowest BCUT2D eigenvalue weighted by Crippen LogP contribution is -2.52. The molecule has 1 saturated carbocycles. The number of nitrogens with one attached hydrogen (secondary N) is 1. The molecule has 2 aromatic rings. The average molecular weight is 505 g/mol. The SMILES string of the molecule is CCC(C(=O)NC1CCCCC1)N(Cc1cccc(C)c1)C(=O)CSCc1c(F)cccc1Cl. The molecular weight excluding hydrogens is 471 g/mol. The molecule has 0 aliphatic heterocycles. The van der Waals surface area contributed by atoms with E-state index in [4.69, 9.17) is 11.6 Å². The van der Waals surface area contributed by atoms with Crippen LogP contribution in [-0.4, -0.2) is 34.6 Å². The summed E-state index contributed by atoms with van der Waals surface area (Å²) in [5.74, 6) is -0.158. The maximum Gasteiger partial charge on any atom is 0.243 e. The molecule has 1 aliphatic rings. The van der Waals surface area contributed by atoms with E-state index in [9.17, 15) is 14.0 Å². The van der Waals surface area contributed by atoms with Gasteiger partial charge in [-0.15, -0.1) is 11.8 Å². The Hall–Kier alpha value is -2.05. The van der Waals surface area contributed by atoms with Crippen LogP contribution in [0.1, 0.15) is 62.1 Å². The van der Waals surface area contributed by atoms with Gasteiger partial charge in [0.2, 0.25) is 11.8 Å². The largest absolute Gasteiger partial charge is 0.352 e. The lowest BCUT2D eigenvalue weighted by molar-refractivity contribution is -0.139. The van der Waals surface area contributed by atoms with Crippen molar-refractivity contribution in [2.45, 2.75) is 76.8 Å². The van der Waals surface area contributed by atoms with Gasteiger partial charge in [0.25, 0.3) is 0 Å². The van der Waals surface area contributed by atoms with Crippen molar-refractivity contribution in [3.05, 3.63) is 70.0 Å². The summed E-state index contributed by atoms with van der Waals surface area (Å²) in [6, 6.07) is 12.2. The predicted octanol–water partition coefficient (Wildman–Crippen LogP) is 6.28. The van der Waals surface area contributed by atoms with Crippen LogP contribution in [0.25, 0.3) is 0 Å². The van der Waals surface area contributed by atoms with Crippen molar-refractivity contribution < 1.29 is 14.0 Å².